The number of carbonyl (C=O) groups excluding carboxylic acids is 2. The fourth-order valence-electron chi connectivity index (χ4n) is 2.32. The Kier molecular flexibility index (Phi) is 6.54. The second-order valence-corrected chi connectivity index (χ2v) is 8.82. The highest BCUT2D eigenvalue weighted by Crippen LogP contribution is 2.26. The molecule has 1 atom stereocenters. The van der Waals surface area contributed by atoms with Crippen LogP contribution >= 0.6 is 11.3 Å². The standard InChI is InChI=1S/C19H27N5O2S/c1-11(2)14(20-17(26)22-19(4,5)6)15(25)21-18-24-23-16(27-18)13-9-7-12(3)8-10-13/h7-11,14H,1-6H3,(H2,20,22,26)(H,21,24,25). The molecule has 0 saturated carbocycles. The number of aromatic nitrogens is 2. The third-order valence-electron chi connectivity index (χ3n) is 3.68. The number of amides is 3. The minimum atomic E-state index is -0.681. The third kappa shape index (κ3) is 6.32. The van der Waals surface area contributed by atoms with Crippen molar-refractivity contribution in [1.82, 2.24) is 20.8 Å². The maximum absolute atomic E-state index is 12.6. The highest BCUT2D eigenvalue weighted by atomic mass is 32.1. The first-order valence-corrected chi connectivity index (χ1v) is 9.67. The summed E-state index contributed by atoms with van der Waals surface area (Å²) in [6.07, 6.45) is 0. The van der Waals surface area contributed by atoms with E-state index in [9.17, 15) is 9.59 Å². The molecule has 0 bridgehead atoms. The molecule has 1 aromatic heterocycles. The van der Waals surface area contributed by atoms with E-state index in [0.717, 1.165) is 16.1 Å². The summed E-state index contributed by atoms with van der Waals surface area (Å²) in [4.78, 5) is 24.8. The van der Waals surface area contributed by atoms with Crippen LogP contribution in [-0.2, 0) is 4.79 Å². The topological polar surface area (TPSA) is 96.0 Å². The zero-order valence-electron chi connectivity index (χ0n) is 16.6. The molecule has 1 heterocycles. The third-order valence-corrected chi connectivity index (χ3v) is 4.57. The molecule has 146 valence electrons. The average molecular weight is 390 g/mol. The highest BCUT2D eigenvalue weighted by molar-refractivity contribution is 7.18. The van der Waals surface area contributed by atoms with Gasteiger partial charge in [-0.1, -0.05) is 55.0 Å². The fraction of sp³-hybridized carbons (Fsp3) is 0.474. The van der Waals surface area contributed by atoms with Gasteiger partial charge < -0.3 is 10.6 Å². The quantitative estimate of drug-likeness (QED) is 0.728. The molecule has 2 aromatic rings. The lowest BCUT2D eigenvalue weighted by molar-refractivity contribution is -0.118. The molecule has 2 rings (SSSR count). The number of nitrogens with one attached hydrogen (secondary N) is 3. The minimum Gasteiger partial charge on any atom is -0.334 e. The second kappa shape index (κ2) is 8.47. The van der Waals surface area contributed by atoms with Crippen LogP contribution in [0.15, 0.2) is 24.3 Å². The predicted molar refractivity (Wildman–Crippen MR) is 109 cm³/mol. The predicted octanol–water partition coefficient (Wildman–Crippen LogP) is 3.57. The van der Waals surface area contributed by atoms with Gasteiger partial charge >= 0.3 is 6.03 Å². The number of aryl methyl sites for hydroxylation is 1. The molecular formula is C19H27N5O2S. The van der Waals surface area contributed by atoms with E-state index in [1.54, 1.807) is 0 Å². The van der Waals surface area contributed by atoms with Crippen molar-refractivity contribution < 1.29 is 9.59 Å². The van der Waals surface area contributed by atoms with Crippen molar-refractivity contribution in [3.8, 4) is 10.6 Å². The van der Waals surface area contributed by atoms with Gasteiger partial charge in [-0.05, 0) is 33.6 Å². The molecule has 1 unspecified atom stereocenters. The Hall–Kier alpha value is -2.48. The van der Waals surface area contributed by atoms with E-state index in [-0.39, 0.29) is 23.4 Å². The molecule has 3 N–H and O–H groups in total. The maximum Gasteiger partial charge on any atom is 0.315 e. The zero-order chi connectivity index (χ0) is 20.2. The molecule has 0 spiro atoms. The van der Waals surface area contributed by atoms with Gasteiger partial charge in [0.2, 0.25) is 11.0 Å². The normalized spacial score (nSPS) is 12.6. The van der Waals surface area contributed by atoms with Crippen molar-refractivity contribution in [3.63, 3.8) is 0 Å². The molecule has 8 heteroatoms. The summed E-state index contributed by atoms with van der Waals surface area (Å²) in [5, 5.41) is 17.6. The first kappa shape index (κ1) is 20.8. The zero-order valence-corrected chi connectivity index (χ0v) is 17.4. The first-order chi connectivity index (χ1) is 12.5. The van der Waals surface area contributed by atoms with Crippen molar-refractivity contribution >= 4 is 28.4 Å². The summed E-state index contributed by atoms with van der Waals surface area (Å²) in [5.41, 5.74) is 1.72. The van der Waals surface area contributed by atoms with Gasteiger partial charge in [-0.25, -0.2) is 4.79 Å². The summed E-state index contributed by atoms with van der Waals surface area (Å²) in [5.74, 6) is -0.402. The first-order valence-electron chi connectivity index (χ1n) is 8.85. The number of nitrogens with zero attached hydrogens (tertiary/aromatic N) is 2. The Bertz CT molecular complexity index is 793. The number of rotatable bonds is 5. The van der Waals surface area contributed by atoms with Gasteiger partial charge in [-0.15, -0.1) is 10.2 Å². The van der Waals surface area contributed by atoms with E-state index < -0.39 is 6.04 Å². The van der Waals surface area contributed by atoms with Gasteiger partial charge in [0.25, 0.3) is 0 Å². The van der Waals surface area contributed by atoms with Crippen LogP contribution < -0.4 is 16.0 Å². The summed E-state index contributed by atoms with van der Waals surface area (Å²) in [7, 11) is 0. The van der Waals surface area contributed by atoms with E-state index in [2.05, 4.69) is 26.1 Å². The Morgan fingerprint density at radius 2 is 1.70 bits per heavy atom. The molecule has 7 nitrogen and oxygen atoms in total. The van der Waals surface area contributed by atoms with Gasteiger partial charge in [-0.2, -0.15) is 0 Å². The van der Waals surface area contributed by atoms with Crippen molar-refractivity contribution in [2.75, 3.05) is 5.32 Å². The minimum absolute atomic E-state index is 0.0831. The lowest BCUT2D eigenvalue weighted by Crippen LogP contribution is -2.54. The number of anilines is 1. The molecule has 1 aromatic carbocycles. The molecule has 0 radical (unpaired) electrons. The molecule has 0 aliphatic rings. The Morgan fingerprint density at radius 1 is 1.07 bits per heavy atom. The number of carbonyl (C=O) groups is 2. The van der Waals surface area contributed by atoms with Gasteiger partial charge in [0, 0.05) is 11.1 Å². The van der Waals surface area contributed by atoms with Crippen LogP contribution in [0.5, 0.6) is 0 Å². The lowest BCUT2D eigenvalue weighted by atomic mass is 10.0. The van der Waals surface area contributed by atoms with Crippen LogP contribution in [-0.4, -0.2) is 33.7 Å². The second-order valence-electron chi connectivity index (χ2n) is 7.84. The summed E-state index contributed by atoms with van der Waals surface area (Å²) in [6.45, 7) is 11.4. The van der Waals surface area contributed by atoms with E-state index in [1.807, 2.05) is 65.8 Å². The van der Waals surface area contributed by atoms with Crippen molar-refractivity contribution in [1.29, 1.82) is 0 Å². The van der Waals surface area contributed by atoms with Crippen LogP contribution in [0, 0.1) is 12.8 Å². The molecular weight excluding hydrogens is 362 g/mol. The van der Waals surface area contributed by atoms with Gasteiger partial charge in [0.1, 0.15) is 11.0 Å². The lowest BCUT2D eigenvalue weighted by Gasteiger charge is -2.25. The van der Waals surface area contributed by atoms with E-state index in [0.29, 0.717) is 5.13 Å². The number of urea groups is 1. The van der Waals surface area contributed by atoms with Gasteiger partial charge in [0.15, 0.2) is 0 Å². The smallest absolute Gasteiger partial charge is 0.315 e. The number of hydrogen-bond donors (Lipinski definition) is 3. The number of benzene rings is 1. The fourth-order valence-corrected chi connectivity index (χ4v) is 3.07. The molecule has 0 saturated heterocycles. The van der Waals surface area contributed by atoms with Crippen molar-refractivity contribution in [2.24, 2.45) is 5.92 Å². The van der Waals surface area contributed by atoms with Crippen molar-refractivity contribution in [2.45, 2.75) is 53.1 Å². The van der Waals surface area contributed by atoms with Gasteiger partial charge in [-0.3, -0.25) is 10.1 Å². The summed E-state index contributed by atoms with van der Waals surface area (Å²) >= 11 is 1.30. The Labute approximate surface area is 164 Å². The van der Waals surface area contributed by atoms with E-state index >= 15 is 0 Å². The SMILES string of the molecule is Cc1ccc(-c2nnc(NC(=O)C(NC(=O)NC(C)(C)C)C(C)C)s2)cc1. The number of hydrogen-bond acceptors (Lipinski definition) is 5. The Morgan fingerprint density at radius 3 is 2.26 bits per heavy atom. The van der Waals surface area contributed by atoms with Gasteiger partial charge in [0.05, 0.1) is 0 Å². The largest absolute Gasteiger partial charge is 0.334 e. The maximum atomic E-state index is 12.6. The Balaban J connectivity index is 2.05. The van der Waals surface area contributed by atoms with Crippen LogP contribution in [0.1, 0.15) is 40.2 Å². The summed E-state index contributed by atoms with van der Waals surface area (Å²) in [6, 6.07) is 6.88. The monoisotopic (exact) mass is 389 g/mol. The van der Waals surface area contributed by atoms with Crippen LogP contribution in [0.25, 0.3) is 10.6 Å². The average Bonchev–Trinajstić information content (AvgIpc) is 2.99. The van der Waals surface area contributed by atoms with Crippen LogP contribution in [0.2, 0.25) is 0 Å². The van der Waals surface area contributed by atoms with E-state index in [4.69, 9.17) is 0 Å². The molecule has 0 aliphatic carbocycles. The highest BCUT2D eigenvalue weighted by Gasteiger charge is 2.26. The summed E-state index contributed by atoms with van der Waals surface area (Å²) < 4.78 is 0. The van der Waals surface area contributed by atoms with Crippen molar-refractivity contribution in [3.05, 3.63) is 29.8 Å². The van der Waals surface area contributed by atoms with Crippen LogP contribution in [0.4, 0.5) is 9.93 Å². The van der Waals surface area contributed by atoms with E-state index in [1.165, 1.54) is 11.3 Å². The molecule has 0 aliphatic heterocycles. The molecule has 0 fully saturated rings. The van der Waals surface area contributed by atoms with Crippen LogP contribution in [0.3, 0.4) is 0 Å². The molecule has 27 heavy (non-hydrogen) atoms. The molecule has 3 amide bonds.